The van der Waals surface area contributed by atoms with Gasteiger partial charge in [-0.15, -0.1) is 0 Å². The van der Waals surface area contributed by atoms with E-state index < -0.39 is 0 Å². The standard InChI is InChI=1S/C23H31N3O3/c1-16(2)29-15-7-14-24-22(27)18-10-12-19-20(13-11-18)25-21(26-23(19)28-3)17-8-5-4-6-9-17/h4-6,8-9,16,18H,7,10-15H2,1-3H3,(H,24,27). The highest BCUT2D eigenvalue weighted by molar-refractivity contribution is 5.78. The van der Waals surface area contributed by atoms with E-state index in [-0.39, 0.29) is 17.9 Å². The van der Waals surface area contributed by atoms with Crippen LogP contribution in [0, 0.1) is 5.92 Å². The molecule has 3 rings (SSSR count). The molecular weight excluding hydrogens is 366 g/mol. The zero-order valence-electron chi connectivity index (χ0n) is 17.6. The van der Waals surface area contributed by atoms with E-state index >= 15 is 0 Å². The van der Waals surface area contributed by atoms with E-state index in [1.165, 1.54) is 0 Å². The van der Waals surface area contributed by atoms with Crippen molar-refractivity contribution in [2.45, 2.75) is 52.1 Å². The number of hydrogen-bond donors (Lipinski definition) is 1. The third-order valence-corrected chi connectivity index (χ3v) is 5.19. The lowest BCUT2D eigenvalue weighted by atomic mass is 9.99. The van der Waals surface area contributed by atoms with E-state index in [2.05, 4.69) is 10.3 Å². The van der Waals surface area contributed by atoms with Gasteiger partial charge in [-0.25, -0.2) is 4.98 Å². The van der Waals surface area contributed by atoms with Crippen molar-refractivity contribution < 1.29 is 14.3 Å². The van der Waals surface area contributed by atoms with E-state index in [1.807, 2.05) is 44.2 Å². The summed E-state index contributed by atoms with van der Waals surface area (Å²) in [6.45, 7) is 5.35. The lowest BCUT2D eigenvalue weighted by Crippen LogP contribution is -2.32. The molecular formula is C23H31N3O3. The molecule has 1 atom stereocenters. The van der Waals surface area contributed by atoms with Gasteiger partial charge < -0.3 is 14.8 Å². The van der Waals surface area contributed by atoms with Crippen molar-refractivity contribution in [2.24, 2.45) is 5.92 Å². The molecule has 0 spiro atoms. The fourth-order valence-corrected chi connectivity index (χ4v) is 3.63. The molecule has 1 aliphatic carbocycles. The summed E-state index contributed by atoms with van der Waals surface area (Å²) in [5, 5.41) is 3.06. The van der Waals surface area contributed by atoms with Gasteiger partial charge in [0.1, 0.15) is 0 Å². The maximum absolute atomic E-state index is 12.6. The van der Waals surface area contributed by atoms with E-state index in [0.29, 0.717) is 24.9 Å². The van der Waals surface area contributed by atoms with Gasteiger partial charge in [0.2, 0.25) is 11.8 Å². The van der Waals surface area contributed by atoms with E-state index in [4.69, 9.17) is 14.5 Å². The molecule has 6 nitrogen and oxygen atoms in total. The Bertz CT molecular complexity index is 809. The van der Waals surface area contributed by atoms with Crippen molar-refractivity contribution >= 4 is 5.91 Å². The van der Waals surface area contributed by atoms with Gasteiger partial charge in [-0.1, -0.05) is 30.3 Å². The molecule has 2 aromatic rings. The van der Waals surface area contributed by atoms with Gasteiger partial charge in [-0.05, 0) is 46.0 Å². The van der Waals surface area contributed by atoms with Gasteiger partial charge in [-0.2, -0.15) is 4.98 Å². The Morgan fingerprint density at radius 2 is 1.93 bits per heavy atom. The van der Waals surface area contributed by atoms with Gasteiger partial charge in [0, 0.05) is 30.2 Å². The topological polar surface area (TPSA) is 73.3 Å². The molecule has 1 aromatic carbocycles. The van der Waals surface area contributed by atoms with Crippen molar-refractivity contribution in [1.82, 2.24) is 15.3 Å². The van der Waals surface area contributed by atoms with Crippen LogP contribution in [0.1, 0.15) is 44.4 Å². The van der Waals surface area contributed by atoms with Crippen LogP contribution in [0.3, 0.4) is 0 Å². The highest BCUT2D eigenvalue weighted by Gasteiger charge is 2.26. The zero-order valence-corrected chi connectivity index (χ0v) is 17.6. The van der Waals surface area contributed by atoms with Crippen LogP contribution in [0.5, 0.6) is 5.88 Å². The van der Waals surface area contributed by atoms with Crippen molar-refractivity contribution in [1.29, 1.82) is 0 Å². The highest BCUT2D eigenvalue weighted by Crippen LogP contribution is 2.31. The largest absolute Gasteiger partial charge is 0.481 e. The number of nitrogens with one attached hydrogen (secondary N) is 1. The Morgan fingerprint density at radius 1 is 1.17 bits per heavy atom. The monoisotopic (exact) mass is 397 g/mol. The summed E-state index contributed by atoms with van der Waals surface area (Å²) >= 11 is 0. The van der Waals surface area contributed by atoms with Gasteiger partial charge >= 0.3 is 0 Å². The molecule has 1 unspecified atom stereocenters. The van der Waals surface area contributed by atoms with E-state index in [0.717, 1.165) is 48.9 Å². The molecule has 156 valence electrons. The van der Waals surface area contributed by atoms with Gasteiger partial charge in [0.25, 0.3) is 0 Å². The molecule has 1 heterocycles. The number of methoxy groups -OCH3 is 1. The Morgan fingerprint density at radius 3 is 2.66 bits per heavy atom. The molecule has 29 heavy (non-hydrogen) atoms. The molecule has 1 aliphatic rings. The van der Waals surface area contributed by atoms with Gasteiger partial charge in [0.05, 0.1) is 18.9 Å². The number of rotatable bonds is 8. The Labute approximate surface area is 173 Å². The summed E-state index contributed by atoms with van der Waals surface area (Å²) in [6, 6.07) is 9.92. The highest BCUT2D eigenvalue weighted by atomic mass is 16.5. The SMILES string of the molecule is COc1nc(-c2ccccc2)nc2c1CCC(C(=O)NCCCOC(C)C)CC2. The number of benzene rings is 1. The van der Waals surface area contributed by atoms with Crippen LogP contribution < -0.4 is 10.1 Å². The average molecular weight is 398 g/mol. The first-order valence-electron chi connectivity index (χ1n) is 10.5. The van der Waals surface area contributed by atoms with Gasteiger partial charge in [0.15, 0.2) is 5.82 Å². The molecule has 0 aliphatic heterocycles. The minimum absolute atomic E-state index is 0.0138. The Kier molecular flexibility index (Phi) is 7.58. The minimum atomic E-state index is -0.0138. The van der Waals surface area contributed by atoms with Crippen molar-refractivity contribution in [3.8, 4) is 17.3 Å². The molecule has 0 saturated carbocycles. The van der Waals surface area contributed by atoms with E-state index in [1.54, 1.807) is 7.11 Å². The quantitative estimate of drug-likeness (QED) is 0.544. The number of amides is 1. The Hall–Kier alpha value is -2.47. The fraction of sp³-hybridized carbons (Fsp3) is 0.522. The minimum Gasteiger partial charge on any atom is -0.481 e. The number of aryl methyl sites for hydroxylation is 1. The fourth-order valence-electron chi connectivity index (χ4n) is 3.63. The van der Waals surface area contributed by atoms with Crippen LogP contribution in [-0.4, -0.2) is 42.2 Å². The molecule has 0 fully saturated rings. The van der Waals surface area contributed by atoms with Crippen LogP contribution >= 0.6 is 0 Å². The van der Waals surface area contributed by atoms with Crippen LogP contribution in [0.25, 0.3) is 11.4 Å². The average Bonchev–Trinajstić information content (AvgIpc) is 2.96. The first-order chi connectivity index (χ1) is 14.1. The number of hydrogen-bond acceptors (Lipinski definition) is 5. The summed E-state index contributed by atoms with van der Waals surface area (Å²) < 4.78 is 11.1. The lowest BCUT2D eigenvalue weighted by molar-refractivity contribution is -0.125. The molecule has 1 N–H and O–H groups in total. The number of carbonyl (C=O) groups is 1. The number of fused-ring (bicyclic) bond motifs is 1. The number of ether oxygens (including phenoxy) is 2. The first-order valence-corrected chi connectivity index (χ1v) is 10.5. The molecule has 1 aromatic heterocycles. The normalized spacial score (nSPS) is 16.2. The van der Waals surface area contributed by atoms with Crippen molar-refractivity contribution in [3.05, 3.63) is 41.6 Å². The molecule has 0 radical (unpaired) electrons. The number of carbonyl (C=O) groups excluding carboxylic acids is 1. The summed E-state index contributed by atoms with van der Waals surface area (Å²) in [7, 11) is 1.64. The maximum Gasteiger partial charge on any atom is 0.223 e. The molecule has 0 bridgehead atoms. The van der Waals surface area contributed by atoms with Crippen molar-refractivity contribution in [2.75, 3.05) is 20.3 Å². The summed E-state index contributed by atoms with van der Waals surface area (Å²) in [5.74, 6) is 1.41. The second-order valence-corrected chi connectivity index (χ2v) is 7.69. The third kappa shape index (κ3) is 5.76. The predicted molar refractivity (Wildman–Crippen MR) is 113 cm³/mol. The van der Waals surface area contributed by atoms with Crippen LogP contribution in [0.2, 0.25) is 0 Å². The molecule has 0 saturated heterocycles. The molecule has 6 heteroatoms. The lowest BCUT2D eigenvalue weighted by Gasteiger charge is -2.14. The second kappa shape index (κ2) is 10.3. The number of aromatic nitrogens is 2. The predicted octanol–water partition coefficient (Wildman–Crippen LogP) is 3.58. The Balaban J connectivity index is 1.64. The first kappa shape index (κ1) is 21.2. The zero-order chi connectivity index (χ0) is 20.6. The summed E-state index contributed by atoms with van der Waals surface area (Å²) in [6.07, 6.45) is 4.13. The van der Waals surface area contributed by atoms with Crippen LogP contribution in [0.4, 0.5) is 0 Å². The van der Waals surface area contributed by atoms with Gasteiger partial charge in [-0.3, -0.25) is 4.79 Å². The number of nitrogens with zero attached hydrogens (tertiary/aromatic N) is 2. The van der Waals surface area contributed by atoms with Crippen LogP contribution in [0.15, 0.2) is 30.3 Å². The van der Waals surface area contributed by atoms with Crippen molar-refractivity contribution in [3.63, 3.8) is 0 Å². The second-order valence-electron chi connectivity index (χ2n) is 7.69. The third-order valence-electron chi connectivity index (χ3n) is 5.19. The summed E-state index contributed by atoms with van der Waals surface area (Å²) in [4.78, 5) is 22.1. The smallest absolute Gasteiger partial charge is 0.223 e. The molecule has 1 amide bonds. The van der Waals surface area contributed by atoms with Crippen LogP contribution in [-0.2, 0) is 22.4 Å². The maximum atomic E-state index is 12.6. The summed E-state index contributed by atoms with van der Waals surface area (Å²) in [5.41, 5.74) is 3.00. The van der Waals surface area contributed by atoms with E-state index in [9.17, 15) is 4.79 Å².